The molecule has 1 amide bonds. The van der Waals surface area contributed by atoms with Crippen LogP contribution in [-0.2, 0) is 14.3 Å². The van der Waals surface area contributed by atoms with Crippen LogP contribution in [0, 0.1) is 0 Å². The van der Waals surface area contributed by atoms with Crippen LogP contribution in [0.5, 0.6) is 0 Å². The van der Waals surface area contributed by atoms with Crippen molar-refractivity contribution in [1.82, 2.24) is 5.32 Å². The number of carbonyl (C=O) groups is 2. The molecule has 0 heterocycles. The Kier molecular flexibility index (Phi) is 48.2. The van der Waals surface area contributed by atoms with Crippen LogP contribution in [0.4, 0.5) is 0 Å². The Morgan fingerprint density at radius 3 is 1.33 bits per heavy atom. The fourth-order valence-electron chi connectivity index (χ4n) is 7.57. The van der Waals surface area contributed by atoms with Crippen LogP contribution in [0.15, 0.2) is 97.2 Å². The zero-order chi connectivity index (χ0) is 46.7. The first-order valence-electron chi connectivity index (χ1n) is 26.6. The zero-order valence-corrected chi connectivity index (χ0v) is 41.6. The van der Waals surface area contributed by atoms with Gasteiger partial charge < -0.3 is 20.3 Å². The van der Waals surface area contributed by atoms with E-state index in [1.807, 2.05) is 24.3 Å². The number of rotatable bonds is 46. The lowest BCUT2D eigenvalue weighted by atomic mass is 10.0. The van der Waals surface area contributed by atoms with Crippen molar-refractivity contribution in [3.8, 4) is 0 Å². The molecule has 3 unspecified atom stereocenters. The standard InChI is InChI=1S/C58H99NO5/c1-4-7-10-13-16-19-22-25-27-28-29-30-33-36-39-42-45-48-51-58(63)64-54(49-46-43-40-37-34-31-24-21-18-15-12-9-6-3)52-57(62)59-55(53-60)56(61)50-47-44-41-38-35-32-26-23-20-17-14-11-8-5-2/h9,12,15-16,18-19,21-22,24-25,27-31,34,54-56,60-61H,4-8,10-11,13-14,17,20,23,26,32-33,35-53H2,1-3H3,(H,59,62)/b12-9+,18-15+,19-16+,24-21+,25-22+,28-27+,30-29+,34-31-. The van der Waals surface area contributed by atoms with Crippen molar-refractivity contribution in [2.75, 3.05) is 6.61 Å². The maximum Gasteiger partial charge on any atom is 0.306 e. The Labute approximate surface area is 395 Å². The van der Waals surface area contributed by atoms with Gasteiger partial charge in [0.2, 0.25) is 5.91 Å². The van der Waals surface area contributed by atoms with Gasteiger partial charge in [-0.2, -0.15) is 0 Å². The molecule has 366 valence electrons. The van der Waals surface area contributed by atoms with E-state index >= 15 is 0 Å². The number of hydrogen-bond acceptors (Lipinski definition) is 5. The quantitative estimate of drug-likeness (QED) is 0.0321. The first-order valence-corrected chi connectivity index (χ1v) is 26.6. The molecular weight excluding hydrogens is 791 g/mol. The molecular formula is C58H99NO5. The number of esters is 1. The summed E-state index contributed by atoms with van der Waals surface area (Å²) in [6.45, 7) is 6.29. The van der Waals surface area contributed by atoms with Crippen molar-refractivity contribution >= 4 is 11.9 Å². The molecule has 3 atom stereocenters. The Hall–Kier alpha value is -3.22. The van der Waals surface area contributed by atoms with Crippen molar-refractivity contribution in [1.29, 1.82) is 0 Å². The SMILES string of the molecule is CC/C=C/C=C/C=C/C=C\CCCCCC(CC(=O)NC(CO)C(O)CCCCCCCCCCCCCCCC)OC(=O)CCCCCCC/C=C/C=C/C=C/C=C/CCCCC. The van der Waals surface area contributed by atoms with Gasteiger partial charge in [-0.3, -0.25) is 9.59 Å². The summed E-state index contributed by atoms with van der Waals surface area (Å²) in [5.41, 5.74) is 0. The molecule has 6 nitrogen and oxygen atoms in total. The highest BCUT2D eigenvalue weighted by Gasteiger charge is 2.24. The lowest BCUT2D eigenvalue weighted by Crippen LogP contribution is -2.46. The minimum Gasteiger partial charge on any atom is -0.462 e. The molecule has 64 heavy (non-hydrogen) atoms. The van der Waals surface area contributed by atoms with Crippen LogP contribution in [0.2, 0.25) is 0 Å². The van der Waals surface area contributed by atoms with Gasteiger partial charge in [0.25, 0.3) is 0 Å². The topological polar surface area (TPSA) is 95.9 Å². The monoisotopic (exact) mass is 890 g/mol. The molecule has 0 aliphatic rings. The molecule has 0 radical (unpaired) electrons. The Morgan fingerprint density at radius 1 is 0.469 bits per heavy atom. The van der Waals surface area contributed by atoms with Gasteiger partial charge in [-0.1, -0.05) is 246 Å². The van der Waals surface area contributed by atoms with E-state index in [9.17, 15) is 19.8 Å². The average molecular weight is 890 g/mol. The van der Waals surface area contributed by atoms with E-state index in [-0.39, 0.29) is 24.9 Å². The predicted molar refractivity (Wildman–Crippen MR) is 277 cm³/mol. The van der Waals surface area contributed by atoms with E-state index in [0.717, 1.165) is 96.3 Å². The fourth-order valence-corrected chi connectivity index (χ4v) is 7.57. The highest BCUT2D eigenvalue weighted by atomic mass is 16.5. The summed E-state index contributed by atoms with van der Waals surface area (Å²) in [7, 11) is 0. The molecule has 0 bridgehead atoms. The van der Waals surface area contributed by atoms with Crippen LogP contribution in [-0.4, -0.2) is 46.9 Å². The molecule has 0 fully saturated rings. The van der Waals surface area contributed by atoms with Gasteiger partial charge in [-0.05, 0) is 70.6 Å². The van der Waals surface area contributed by atoms with E-state index in [4.69, 9.17) is 4.74 Å². The highest BCUT2D eigenvalue weighted by Crippen LogP contribution is 2.17. The number of carbonyl (C=O) groups excluding carboxylic acids is 2. The number of allylic oxidation sites excluding steroid dienone is 16. The van der Waals surface area contributed by atoms with Gasteiger partial charge in [0.1, 0.15) is 6.10 Å². The van der Waals surface area contributed by atoms with Crippen LogP contribution in [0.3, 0.4) is 0 Å². The van der Waals surface area contributed by atoms with E-state index in [0.29, 0.717) is 19.3 Å². The summed E-state index contributed by atoms with van der Waals surface area (Å²) in [5, 5.41) is 23.8. The van der Waals surface area contributed by atoms with E-state index in [1.54, 1.807) is 0 Å². The van der Waals surface area contributed by atoms with Crippen LogP contribution in [0.1, 0.15) is 233 Å². The number of aliphatic hydroxyl groups excluding tert-OH is 2. The van der Waals surface area contributed by atoms with Crippen molar-refractivity contribution in [2.45, 2.75) is 251 Å². The van der Waals surface area contributed by atoms with Gasteiger partial charge >= 0.3 is 5.97 Å². The van der Waals surface area contributed by atoms with Crippen LogP contribution >= 0.6 is 0 Å². The van der Waals surface area contributed by atoms with Gasteiger partial charge in [-0.25, -0.2) is 0 Å². The summed E-state index contributed by atoms with van der Waals surface area (Å²) in [6, 6.07) is -0.726. The molecule has 0 aromatic carbocycles. The molecule has 0 aromatic heterocycles. The van der Waals surface area contributed by atoms with Gasteiger partial charge in [0, 0.05) is 6.42 Å². The third-order valence-electron chi connectivity index (χ3n) is 11.6. The molecule has 0 saturated heterocycles. The van der Waals surface area contributed by atoms with Crippen molar-refractivity contribution < 1.29 is 24.5 Å². The molecule has 3 N–H and O–H groups in total. The minimum atomic E-state index is -0.809. The number of hydrogen-bond donors (Lipinski definition) is 3. The second kappa shape index (κ2) is 50.8. The number of unbranched alkanes of at least 4 members (excludes halogenated alkanes) is 24. The van der Waals surface area contributed by atoms with Gasteiger partial charge in [0.05, 0.1) is 25.2 Å². The van der Waals surface area contributed by atoms with Gasteiger partial charge in [-0.15, -0.1) is 0 Å². The molecule has 0 spiro atoms. The minimum absolute atomic E-state index is 0.0364. The summed E-state index contributed by atoms with van der Waals surface area (Å²) in [4.78, 5) is 26.2. The van der Waals surface area contributed by atoms with Crippen molar-refractivity contribution in [3.05, 3.63) is 97.2 Å². The second-order valence-corrected chi connectivity index (χ2v) is 17.7. The van der Waals surface area contributed by atoms with Gasteiger partial charge in [0.15, 0.2) is 0 Å². The predicted octanol–water partition coefficient (Wildman–Crippen LogP) is 16.1. The van der Waals surface area contributed by atoms with Crippen molar-refractivity contribution in [3.63, 3.8) is 0 Å². The zero-order valence-electron chi connectivity index (χ0n) is 41.6. The summed E-state index contributed by atoms with van der Waals surface area (Å²) in [5.74, 6) is -0.545. The molecule has 0 aromatic rings. The Bertz CT molecular complexity index is 1270. The summed E-state index contributed by atoms with van der Waals surface area (Å²) >= 11 is 0. The summed E-state index contributed by atoms with van der Waals surface area (Å²) in [6.07, 6.45) is 67.4. The maximum atomic E-state index is 13.2. The van der Waals surface area contributed by atoms with E-state index in [1.165, 1.54) is 89.9 Å². The second-order valence-electron chi connectivity index (χ2n) is 17.7. The Balaban J connectivity index is 4.67. The normalized spacial score (nSPS) is 14.0. The first-order chi connectivity index (χ1) is 31.5. The average Bonchev–Trinajstić information content (AvgIpc) is 3.29. The highest BCUT2D eigenvalue weighted by molar-refractivity contribution is 5.77. The largest absolute Gasteiger partial charge is 0.462 e. The van der Waals surface area contributed by atoms with Crippen molar-refractivity contribution in [2.24, 2.45) is 0 Å². The number of amides is 1. The lowest BCUT2D eigenvalue weighted by Gasteiger charge is -2.24. The smallest absolute Gasteiger partial charge is 0.306 e. The molecule has 0 rings (SSSR count). The Morgan fingerprint density at radius 2 is 0.844 bits per heavy atom. The maximum absolute atomic E-state index is 13.2. The van der Waals surface area contributed by atoms with E-state index in [2.05, 4.69) is 99.0 Å². The lowest BCUT2D eigenvalue weighted by molar-refractivity contribution is -0.151. The fraction of sp³-hybridized carbons (Fsp3) is 0.690. The first kappa shape index (κ1) is 60.8. The molecule has 0 aliphatic heterocycles. The third kappa shape index (κ3) is 45.4. The molecule has 6 heteroatoms. The molecule has 0 aliphatic carbocycles. The summed E-state index contributed by atoms with van der Waals surface area (Å²) < 4.78 is 5.91. The van der Waals surface area contributed by atoms with Crippen LogP contribution < -0.4 is 5.32 Å². The molecule has 0 saturated carbocycles. The number of ether oxygens (including phenoxy) is 1. The number of aliphatic hydroxyl groups is 2. The van der Waals surface area contributed by atoms with Crippen LogP contribution in [0.25, 0.3) is 0 Å². The number of nitrogens with one attached hydrogen (secondary N) is 1. The third-order valence-corrected chi connectivity index (χ3v) is 11.6. The van der Waals surface area contributed by atoms with E-state index < -0.39 is 18.2 Å².